The van der Waals surface area contributed by atoms with E-state index < -0.39 is 6.10 Å². The highest BCUT2D eigenvalue weighted by molar-refractivity contribution is 9.10. The summed E-state index contributed by atoms with van der Waals surface area (Å²) in [6.45, 7) is 1.66. The summed E-state index contributed by atoms with van der Waals surface area (Å²) in [5.74, 6) is -0.255. The molecule has 0 unspecified atom stereocenters. The van der Waals surface area contributed by atoms with Gasteiger partial charge in [0.05, 0.1) is 0 Å². The van der Waals surface area contributed by atoms with Gasteiger partial charge < -0.3 is 10.1 Å². The van der Waals surface area contributed by atoms with E-state index in [4.69, 9.17) is 4.74 Å². The van der Waals surface area contributed by atoms with Crippen molar-refractivity contribution in [3.05, 3.63) is 53.1 Å². The topological polar surface area (TPSA) is 68.5 Å². The van der Waals surface area contributed by atoms with E-state index >= 15 is 0 Å². The second-order valence-electron chi connectivity index (χ2n) is 4.67. The van der Waals surface area contributed by atoms with Crippen LogP contribution in [0, 0.1) is 0 Å². The number of fused-ring (bicyclic) bond motifs is 1. The number of carbonyl (C=O) groups is 1. The third-order valence-electron chi connectivity index (χ3n) is 3.05. The number of carbonyl (C=O) groups excluding carboxylic acids is 1. The van der Waals surface area contributed by atoms with Gasteiger partial charge in [-0.2, -0.15) is 0 Å². The minimum absolute atomic E-state index is 0.255. The van der Waals surface area contributed by atoms with Crippen molar-refractivity contribution in [3.63, 3.8) is 0 Å². The molecule has 0 spiro atoms. The molecular formula is C15H13BrN4O2. The number of amides is 1. The van der Waals surface area contributed by atoms with Gasteiger partial charge in [0.2, 0.25) is 0 Å². The number of nitrogens with zero attached hydrogens (tertiary/aromatic N) is 3. The van der Waals surface area contributed by atoms with Gasteiger partial charge in [-0.05, 0) is 43.3 Å². The maximum Gasteiger partial charge on any atom is 0.322 e. The molecule has 2 aromatic heterocycles. The minimum atomic E-state index is -0.698. The van der Waals surface area contributed by atoms with Gasteiger partial charge in [-0.3, -0.25) is 9.20 Å². The van der Waals surface area contributed by atoms with Gasteiger partial charge >= 0.3 is 6.01 Å². The Morgan fingerprint density at radius 1 is 1.23 bits per heavy atom. The SMILES string of the molecule is C[C@H](Oc1nnc2ccccn12)C(=O)Nc1ccc(Br)cc1. The maximum atomic E-state index is 12.2. The van der Waals surface area contributed by atoms with Gasteiger partial charge in [-0.25, -0.2) is 0 Å². The molecule has 0 radical (unpaired) electrons. The molecule has 1 atom stereocenters. The number of benzene rings is 1. The minimum Gasteiger partial charge on any atom is -0.450 e. The average Bonchev–Trinajstić information content (AvgIpc) is 2.93. The molecular weight excluding hydrogens is 348 g/mol. The molecule has 0 aliphatic heterocycles. The van der Waals surface area contributed by atoms with Crippen molar-refractivity contribution in [2.75, 3.05) is 5.32 Å². The summed E-state index contributed by atoms with van der Waals surface area (Å²) < 4.78 is 8.23. The summed E-state index contributed by atoms with van der Waals surface area (Å²) >= 11 is 3.35. The van der Waals surface area contributed by atoms with Crippen LogP contribution in [0.15, 0.2) is 53.1 Å². The van der Waals surface area contributed by atoms with Crippen LogP contribution in [0.4, 0.5) is 5.69 Å². The van der Waals surface area contributed by atoms with Gasteiger partial charge in [0, 0.05) is 16.4 Å². The van der Waals surface area contributed by atoms with E-state index in [-0.39, 0.29) is 11.9 Å². The highest BCUT2D eigenvalue weighted by atomic mass is 79.9. The van der Waals surface area contributed by atoms with Crippen LogP contribution in [-0.2, 0) is 4.79 Å². The van der Waals surface area contributed by atoms with Gasteiger partial charge in [0.1, 0.15) is 0 Å². The van der Waals surface area contributed by atoms with Gasteiger partial charge in [0.15, 0.2) is 11.8 Å². The Kier molecular flexibility index (Phi) is 4.06. The van der Waals surface area contributed by atoms with Crippen molar-refractivity contribution >= 4 is 33.2 Å². The Morgan fingerprint density at radius 2 is 2.00 bits per heavy atom. The fraction of sp³-hybridized carbons (Fsp3) is 0.133. The predicted octanol–water partition coefficient (Wildman–Crippen LogP) is 2.90. The second kappa shape index (κ2) is 6.15. The molecule has 112 valence electrons. The number of nitrogens with one attached hydrogen (secondary N) is 1. The van der Waals surface area contributed by atoms with E-state index in [1.54, 1.807) is 29.7 Å². The Balaban J connectivity index is 1.69. The van der Waals surface area contributed by atoms with Crippen LogP contribution >= 0.6 is 15.9 Å². The molecule has 6 nitrogen and oxygen atoms in total. The third kappa shape index (κ3) is 3.09. The van der Waals surface area contributed by atoms with E-state index in [9.17, 15) is 4.79 Å². The summed E-state index contributed by atoms with van der Waals surface area (Å²) in [5.41, 5.74) is 1.37. The van der Waals surface area contributed by atoms with Gasteiger partial charge in [-0.1, -0.05) is 27.1 Å². The van der Waals surface area contributed by atoms with Gasteiger partial charge in [-0.15, -0.1) is 5.10 Å². The number of aromatic nitrogens is 3. The number of pyridine rings is 1. The molecule has 1 amide bonds. The molecule has 2 heterocycles. The molecule has 0 aliphatic rings. The van der Waals surface area contributed by atoms with E-state index in [1.807, 2.05) is 30.3 Å². The molecule has 0 bridgehead atoms. The molecule has 3 rings (SSSR count). The van der Waals surface area contributed by atoms with E-state index in [0.717, 1.165) is 4.47 Å². The largest absolute Gasteiger partial charge is 0.450 e. The molecule has 1 aromatic carbocycles. The van der Waals surface area contributed by atoms with Crippen LogP contribution in [0.2, 0.25) is 0 Å². The Bertz CT molecular complexity index is 801. The first kappa shape index (κ1) is 14.5. The zero-order valence-corrected chi connectivity index (χ0v) is 13.3. The Labute approximate surface area is 135 Å². The number of halogens is 1. The first-order chi connectivity index (χ1) is 10.6. The molecule has 0 saturated heterocycles. The first-order valence-corrected chi connectivity index (χ1v) is 7.45. The number of hydrogen-bond donors (Lipinski definition) is 1. The van der Waals surface area contributed by atoms with Crippen LogP contribution < -0.4 is 10.1 Å². The number of ether oxygens (including phenoxy) is 1. The Hall–Kier alpha value is -2.41. The van der Waals surface area contributed by atoms with E-state index in [1.165, 1.54) is 0 Å². The monoisotopic (exact) mass is 360 g/mol. The molecule has 7 heteroatoms. The average molecular weight is 361 g/mol. The molecule has 22 heavy (non-hydrogen) atoms. The summed E-state index contributed by atoms with van der Waals surface area (Å²) in [7, 11) is 0. The van der Waals surface area contributed by atoms with Crippen LogP contribution in [0.1, 0.15) is 6.92 Å². The highest BCUT2D eigenvalue weighted by Crippen LogP contribution is 2.15. The molecule has 1 N–H and O–H groups in total. The molecule has 3 aromatic rings. The third-order valence-corrected chi connectivity index (χ3v) is 3.57. The summed E-state index contributed by atoms with van der Waals surface area (Å²) in [6, 6.07) is 13.1. The summed E-state index contributed by atoms with van der Waals surface area (Å²) in [6.07, 6.45) is 1.08. The lowest BCUT2D eigenvalue weighted by Gasteiger charge is -2.13. The zero-order valence-electron chi connectivity index (χ0n) is 11.7. The van der Waals surface area contributed by atoms with Crippen molar-refractivity contribution < 1.29 is 9.53 Å². The summed E-state index contributed by atoms with van der Waals surface area (Å²) in [4.78, 5) is 12.2. The number of rotatable bonds is 4. The van der Waals surface area contributed by atoms with Crippen molar-refractivity contribution in [1.29, 1.82) is 0 Å². The predicted molar refractivity (Wildman–Crippen MR) is 85.8 cm³/mol. The van der Waals surface area contributed by atoms with E-state index in [2.05, 4.69) is 31.4 Å². The fourth-order valence-electron chi connectivity index (χ4n) is 1.89. The van der Waals surface area contributed by atoms with Gasteiger partial charge in [0.25, 0.3) is 5.91 Å². The van der Waals surface area contributed by atoms with Crippen molar-refractivity contribution in [3.8, 4) is 6.01 Å². The number of hydrogen-bond acceptors (Lipinski definition) is 4. The van der Waals surface area contributed by atoms with Crippen LogP contribution in [-0.4, -0.2) is 26.6 Å². The Morgan fingerprint density at radius 3 is 2.77 bits per heavy atom. The highest BCUT2D eigenvalue weighted by Gasteiger charge is 2.17. The quantitative estimate of drug-likeness (QED) is 0.776. The number of anilines is 1. The van der Waals surface area contributed by atoms with Crippen molar-refractivity contribution in [1.82, 2.24) is 14.6 Å². The van der Waals surface area contributed by atoms with E-state index in [0.29, 0.717) is 11.3 Å². The lowest BCUT2D eigenvalue weighted by atomic mass is 10.3. The van der Waals surface area contributed by atoms with Crippen molar-refractivity contribution in [2.24, 2.45) is 0 Å². The lowest BCUT2D eigenvalue weighted by Crippen LogP contribution is -2.30. The van der Waals surface area contributed by atoms with Crippen LogP contribution in [0.5, 0.6) is 6.01 Å². The molecule has 0 fully saturated rings. The molecule has 0 aliphatic carbocycles. The second-order valence-corrected chi connectivity index (χ2v) is 5.58. The summed E-state index contributed by atoms with van der Waals surface area (Å²) in [5, 5.41) is 10.7. The normalized spacial score (nSPS) is 12.1. The van der Waals surface area contributed by atoms with Crippen LogP contribution in [0.3, 0.4) is 0 Å². The lowest BCUT2D eigenvalue weighted by molar-refractivity contribution is -0.122. The fourth-order valence-corrected chi connectivity index (χ4v) is 2.15. The smallest absolute Gasteiger partial charge is 0.322 e. The molecule has 0 saturated carbocycles. The van der Waals surface area contributed by atoms with Crippen LogP contribution in [0.25, 0.3) is 5.65 Å². The van der Waals surface area contributed by atoms with Crippen molar-refractivity contribution in [2.45, 2.75) is 13.0 Å². The first-order valence-electron chi connectivity index (χ1n) is 6.66. The maximum absolute atomic E-state index is 12.2. The standard InChI is InChI=1S/C15H13BrN4O2/c1-10(14(21)17-12-7-5-11(16)6-8-12)22-15-19-18-13-4-2-3-9-20(13)15/h2-10H,1H3,(H,17,21)/t10-/m0/s1. The zero-order chi connectivity index (χ0) is 15.5.